The van der Waals surface area contributed by atoms with Gasteiger partial charge in [-0.25, -0.2) is 4.98 Å². The number of benzene rings is 2. The van der Waals surface area contributed by atoms with Gasteiger partial charge in [-0.1, -0.05) is 35.4 Å². The molecular weight excluding hydrogens is 410 g/mol. The minimum atomic E-state index is -0.102. The van der Waals surface area contributed by atoms with Crippen LogP contribution in [0, 0.1) is 13.8 Å². The molecule has 0 bridgehead atoms. The number of hydrogen-bond donors (Lipinski definition) is 0. The van der Waals surface area contributed by atoms with E-state index < -0.39 is 0 Å². The van der Waals surface area contributed by atoms with Crippen LogP contribution in [-0.4, -0.2) is 20.4 Å². The molecule has 5 nitrogen and oxygen atoms in total. The second kappa shape index (κ2) is 9.23. The first-order valence-corrected chi connectivity index (χ1v) is 10.5. The van der Waals surface area contributed by atoms with Gasteiger partial charge in [0.15, 0.2) is 0 Å². The molecule has 4 aromatic rings. The van der Waals surface area contributed by atoms with Crippen molar-refractivity contribution in [2.24, 2.45) is 0 Å². The molecule has 0 aliphatic carbocycles. The molecule has 0 saturated carbocycles. The number of nitrogens with zero attached hydrogens (tertiary/aromatic N) is 3. The van der Waals surface area contributed by atoms with Crippen LogP contribution in [0.3, 0.4) is 0 Å². The Morgan fingerprint density at radius 3 is 2.65 bits per heavy atom. The first kappa shape index (κ1) is 20.9. The zero-order chi connectivity index (χ0) is 21.8. The van der Waals surface area contributed by atoms with E-state index in [2.05, 4.69) is 41.6 Å². The summed E-state index contributed by atoms with van der Waals surface area (Å²) in [6.45, 7) is 5.61. The van der Waals surface area contributed by atoms with Crippen molar-refractivity contribution in [2.75, 3.05) is 0 Å². The molecule has 0 spiro atoms. The Kier molecular flexibility index (Phi) is 6.23. The molecule has 1 amide bonds. The minimum absolute atomic E-state index is 0.102. The SMILES string of the molecule is Cc1ccc(C)c(Cn2ccnc2CN(Cc2ccco2)C(=O)c2ccc(Cl)cc2)c1. The first-order chi connectivity index (χ1) is 15.0. The predicted octanol–water partition coefficient (Wildman–Crippen LogP) is 5.64. The minimum Gasteiger partial charge on any atom is -0.467 e. The van der Waals surface area contributed by atoms with Crippen LogP contribution in [0.2, 0.25) is 5.02 Å². The fourth-order valence-corrected chi connectivity index (χ4v) is 3.65. The van der Waals surface area contributed by atoms with Crippen LogP contribution in [0.4, 0.5) is 0 Å². The number of hydrogen-bond acceptors (Lipinski definition) is 3. The number of furan rings is 1. The lowest BCUT2D eigenvalue weighted by Crippen LogP contribution is -2.31. The molecular formula is C25H24ClN3O2. The molecule has 0 aliphatic rings. The van der Waals surface area contributed by atoms with E-state index in [0.29, 0.717) is 30.2 Å². The average Bonchev–Trinajstić information content (AvgIpc) is 3.43. The summed E-state index contributed by atoms with van der Waals surface area (Å²) in [6, 6.07) is 17.1. The number of carbonyl (C=O) groups is 1. The largest absolute Gasteiger partial charge is 0.467 e. The lowest BCUT2D eigenvalue weighted by Gasteiger charge is -2.22. The summed E-state index contributed by atoms with van der Waals surface area (Å²) in [5, 5.41) is 0.596. The average molecular weight is 434 g/mol. The zero-order valence-electron chi connectivity index (χ0n) is 17.6. The van der Waals surface area contributed by atoms with Crippen LogP contribution in [0.15, 0.2) is 77.7 Å². The topological polar surface area (TPSA) is 51.3 Å². The summed E-state index contributed by atoms with van der Waals surface area (Å²) in [7, 11) is 0. The molecule has 0 N–H and O–H groups in total. The van der Waals surface area contributed by atoms with Crippen molar-refractivity contribution < 1.29 is 9.21 Å². The van der Waals surface area contributed by atoms with Gasteiger partial charge in [-0.2, -0.15) is 0 Å². The molecule has 2 aromatic carbocycles. The quantitative estimate of drug-likeness (QED) is 0.379. The Morgan fingerprint density at radius 2 is 1.90 bits per heavy atom. The van der Waals surface area contributed by atoms with E-state index in [9.17, 15) is 4.79 Å². The monoisotopic (exact) mass is 433 g/mol. The van der Waals surface area contributed by atoms with Crippen LogP contribution >= 0.6 is 11.6 Å². The molecule has 0 radical (unpaired) electrons. The fourth-order valence-electron chi connectivity index (χ4n) is 3.53. The van der Waals surface area contributed by atoms with Crippen molar-refractivity contribution in [2.45, 2.75) is 33.5 Å². The lowest BCUT2D eigenvalue weighted by molar-refractivity contribution is 0.0711. The van der Waals surface area contributed by atoms with Gasteiger partial charge >= 0.3 is 0 Å². The van der Waals surface area contributed by atoms with E-state index in [4.69, 9.17) is 16.0 Å². The molecule has 0 fully saturated rings. The Morgan fingerprint density at radius 1 is 1.10 bits per heavy atom. The van der Waals surface area contributed by atoms with E-state index >= 15 is 0 Å². The lowest BCUT2D eigenvalue weighted by atomic mass is 10.1. The van der Waals surface area contributed by atoms with Crippen molar-refractivity contribution in [3.63, 3.8) is 0 Å². The molecule has 4 rings (SSSR count). The van der Waals surface area contributed by atoms with Crippen LogP contribution in [0.5, 0.6) is 0 Å². The van der Waals surface area contributed by atoms with E-state index in [-0.39, 0.29) is 5.91 Å². The molecule has 6 heteroatoms. The predicted molar refractivity (Wildman–Crippen MR) is 121 cm³/mol. The normalized spacial score (nSPS) is 10.9. The summed E-state index contributed by atoms with van der Waals surface area (Å²) in [5.41, 5.74) is 4.26. The third kappa shape index (κ3) is 5.06. The van der Waals surface area contributed by atoms with Gasteiger partial charge in [0, 0.05) is 29.5 Å². The third-order valence-corrected chi connectivity index (χ3v) is 5.54. The van der Waals surface area contributed by atoms with Crippen LogP contribution in [0.25, 0.3) is 0 Å². The Balaban J connectivity index is 1.60. The fraction of sp³-hybridized carbons (Fsp3) is 0.200. The number of aryl methyl sites for hydroxylation is 2. The van der Waals surface area contributed by atoms with Crippen molar-refractivity contribution in [1.82, 2.24) is 14.5 Å². The molecule has 2 heterocycles. The highest BCUT2D eigenvalue weighted by atomic mass is 35.5. The summed E-state index contributed by atoms with van der Waals surface area (Å²) in [5.74, 6) is 1.43. The number of imidazole rings is 1. The summed E-state index contributed by atoms with van der Waals surface area (Å²) >= 11 is 5.99. The number of halogens is 1. The summed E-state index contributed by atoms with van der Waals surface area (Å²) < 4.78 is 7.59. The molecule has 0 atom stereocenters. The van der Waals surface area contributed by atoms with Crippen LogP contribution < -0.4 is 0 Å². The van der Waals surface area contributed by atoms with Gasteiger partial charge in [-0.05, 0) is 61.4 Å². The molecule has 31 heavy (non-hydrogen) atoms. The second-order valence-electron chi connectivity index (χ2n) is 7.65. The zero-order valence-corrected chi connectivity index (χ0v) is 18.3. The molecule has 0 aliphatic heterocycles. The van der Waals surface area contributed by atoms with Gasteiger partial charge in [-0.3, -0.25) is 4.79 Å². The highest BCUT2D eigenvalue weighted by molar-refractivity contribution is 6.30. The summed E-state index contributed by atoms with van der Waals surface area (Å²) in [4.78, 5) is 19.6. The number of carbonyl (C=O) groups excluding carboxylic acids is 1. The number of amides is 1. The van der Waals surface area contributed by atoms with E-state index in [1.807, 2.05) is 18.3 Å². The highest BCUT2D eigenvalue weighted by Gasteiger charge is 2.20. The molecule has 158 valence electrons. The molecule has 2 aromatic heterocycles. The Hall–Kier alpha value is -3.31. The van der Waals surface area contributed by atoms with Gasteiger partial charge in [0.05, 0.1) is 19.4 Å². The molecule has 0 saturated heterocycles. The van der Waals surface area contributed by atoms with Gasteiger partial charge in [0.2, 0.25) is 0 Å². The molecule has 0 unspecified atom stereocenters. The van der Waals surface area contributed by atoms with Gasteiger partial charge in [-0.15, -0.1) is 0 Å². The van der Waals surface area contributed by atoms with Crippen molar-refractivity contribution in [3.05, 3.63) is 112 Å². The summed E-state index contributed by atoms with van der Waals surface area (Å²) in [6.07, 6.45) is 5.34. The Labute approximate surface area is 186 Å². The third-order valence-electron chi connectivity index (χ3n) is 5.28. The second-order valence-corrected chi connectivity index (χ2v) is 8.09. The van der Waals surface area contributed by atoms with Gasteiger partial charge in [0.25, 0.3) is 5.91 Å². The maximum Gasteiger partial charge on any atom is 0.254 e. The van der Waals surface area contributed by atoms with Gasteiger partial charge in [0.1, 0.15) is 11.6 Å². The van der Waals surface area contributed by atoms with Crippen molar-refractivity contribution in [1.29, 1.82) is 0 Å². The van der Waals surface area contributed by atoms with Crippen molar-refractivity contribution >= 4 is 17.5 Å². The van der Waals surface area contributed by atoms with E-state index in [0.717, 1.165) is 11.6 Å². The maximum absolute atomic E-state index is 13.3. The number of aromatic nitrogens is 2. The highest BCUT2D eigenvalue weighted by Crippen LogP contribution is 2.18. The van der Waals surface area contributed by atoms with Crippen LogP contribution in [0.1, 0.15) is 38.6 Å². The number of rotatable bonds is 7. The van der Waals surface area contributed by atoms with Crippen molar-refractivity contribution in [3.8, 4) is 0 Å². The van der Waals surface area contributed by atoms with E-state index in [1.165, 1.54) is 16.7 Å². The van der Waals surface area contributed by atoms with Crippen LogP contribution in [-0.2, 0) is 19.6 Å². The van der Waals surface area contributed by atoms with E-state index in [1.54, 1.807) is 41.6 Å². The first-order valence-electron chi connectivity index (χ1n) is 10.1. The standard InChI is InChI=1S/C25H24ClN3O2/c1-18-5-6-19(2)21(14-18)15-28-12-11-27-24(28)17-29(16-23-4-3-13-31-23)25(30)20-7-9-22(26)10-8-20/h3-14H,15-17H2,1-2H3. The van der Waals surface area contributed by atoms with Gasteiger partial charge < -0.3 is 13.9 Å². The maximum atomic E-state index is 13.3. The smallest absolute Gasteiger partial charge is 0.254 e. The Bertz CT molecular complexity index is 1160.